The zero-order chi connectivity index (χ0) is 14.1. The van der Waals surface area contributed by atoms with E-state index in [0.717, 1.165) is 18.7 Å². The lowest BCUT2D eigenvalue weighted by Gasteiger charge is -2.21. The highest BCUT2D eigenvalue weighted by Crippen LogP contribution is 2.41. The largest absolute Gasteiger partial charge is 0.478 e. The number of carbonyl (C=O) groups is 1. The molecule has 0 unspecified atom stereocenters. The van der Waals surface area contributed by atoms with Crippen molar-refractivity contribution in [2.45, 2.75) is 68.1 Å². The second kappa shape index (κ2) is 5.72. The first-order chi connectivity index (χ1) is 9.65. The molecular weight excluding hydrogens is 272 g/mol. The summed E-state index contributed by atoms with van der Waals surface area (Å²) in [5, 5.41) is 10.6. The van der Waals surface area contributed by atoms with Crippen LogP contribution in [0.2, 0.25) is 0 Å². The van der Waals surface area contributed by atoms with Crippen LogP contribution in [0.15, 0.2) is 5.03 Å². The normalized spacial score (nSPS) is 20.1. The molecule has 1 aromatic rings. The maximum absolute atomic E-state index is 11.5. The van der Waals surface area contributed by atoms with Crippen molar-refractivity contribution in [2.75, 3.05) is 0 Å². The van der Waals surface area contributed by atoms with Crippen molar-refractivity contribution in [1.29, 1.82) is 0 Å². The molecule has 0 atom stereocenters. The van der Waals surface area contributed by atoms with E-state index in [-0.39, 0.29) is 0 Å². The maximum Gasteiger partial charge on any atom is 0.340 e. The van der Waals surface area contributed by atoms with Gasteiger partial charge in [-0.2, -0.15) is 0 Å². The van der Waals surface area contributed by atoms with Gasteiger partial charge >= 0.3 is 5.97 Å². The molecule has 1 aromatic heterocycles. The molecule has 0 amide bonds. The average Bonchev–Trinajstić information content (AvgIpc) is 3.23. The van der Waals surface area contributed by atoms with Crippen LogP contribution in [-0.4, -0.2) is 26.3 Å². The summed E-state index contributed by atoms with van der Waals surface area (Å²) in [4.78, 5) is 20.5. The van der Waals surface area contributed by atoms with Gasteiger partial charge in [0, 0.05) is 11.2 Å². The minimum Gasteiger partial charge on any atom is -0.478 e. The van der Waals surface area contributed by atoms with E-state index in [9.17, 15) is 9.90 Å². The van der Waals surface area contributed by atoms with Gasteiger partial charge in [-0.05, 0) is 32.6 Å². The summed E-state index contributed by atoms with van der Waals surface area (Å²) in [6.07, 6.45) is 8.42. The molecule has 0 aromatic carbocycles. The summed E-state index contributed by atoms with van der Waals surface area (Å²) in [6.45, 7) is 1.79. The minimum atomic E-state index is -0.900. The highest BCUT2D eigenvalue weighted by Gasteiger charge is 2.30. The Morgan fingerprint density at radius 2 is 1.85 bits per heavy atom. The summed E-state index contributed by atoms with van der Waals surface area (Å²) in [7, 11) is 0. The number of aromatic nitrogens is 2. The van der Waals surface area contributed by atoms with Crippen LogP contribution in [0.5, 0.6) is 0 Å². The van der Waals surface area contributed by atoms with E-state index in [1.807, 2.05) is 0 Å². The molecule has 108 valence electrons. The molecule has 4 nitrogen and oxygen atoms in total. The van der Waals surface area contributed by atoms with Crippen LogP contribution < -0.4 is 0 Å². The summed E-state index contributed by atoms with van der Waals surface area (Å²) < 4.78 is 0. The van der Waals surface area contributed by atoms with E-state index in [1.54, 1.807) is 18.7 Å². The third kappa shape index (κ3) is 2.97. The second-order valence-corrected chi connectivity index (χ2v) is 7.09. The van der Waals surface area contributed by atoms with Gasteiger partial charge in [-0.3, -0.25) is 0 Å². The van der Waals surface area contributed by atoms with Gasteiger partial charge in [-0.1, -0.05) is 19.3 Å². The molecule has 5 heteroatoms. The Labute approximate surface area is 123 Å². The average molecular weight is 292 g/mol. The van der Waals surface area contributed by atoms with Gasteiger partial charge in [0.15, 0.2) is 0 Å². The maximum atomic E-state index is 11.5. The van der Waals surface area contributed by atoms with Gasteiger partial charge in [-0.15, -0.1) is 11.8 Å². The van der Waals surface area contributed by atoms with E-state index in [2.05, 4.69) is 9.97 Å². The number of aromatic carboxylic acids is 1. The SMILES string of the molecule is Cc1nc(C2CC2)nc(SC2CCCCC2)c1C(=O)O. The van der Waals surface area contributed by atoms with Crippen LogP contribution >= 0.6 is 11.8 Å². The Morgan fingerprint density at radius 3 is 2.45 bits per heavy atom. The number of carboxylic acids is 1. The zero-order valence-electron chi connectivity index (χ0n) is 11.8. The van der Waals surface area contributed by atoms with Crippen molar-refractivity contribution in [3.63, 3.8) is 0 Å². The Balaban J connectivity index is 1.90. The van der Waals surface area contributed by atoms with E-state index in [4.69, 9.17) is 0 Å². The van der Waals surface area contributed by atoms with Crippen LogP contribution in [0.25, 0.3) is 0 Å². The molecule has 2 aliphatic rings. The lowest BCUT2D eigenvalue weighted by Crippen LogP contribution is -2.13. The number of carboxylic acid groups (broad SMARTS) is 1. The monoisotopic (exact) mass is 292 g/mol. The first-order valence-corrected chi connectivity index (χ1v) is 8.31. The summed E-state index contributed by atoms with van der Waals surface area (Å²) in [6, 6.07) is 0. The van der Waals surface area contributed by atoms with Gasteiger partial charge in [-0.25, -0.2) is 14.8 Å². The van der Waals surface area contributed by atoms with Gasteiger partial charge in [0.25, 0.3) is 0 Å². The van der Waals surface area contributed by atoms with Gasteiger partial charge in [0.1, 0.15) is 16.4 Å². The highest BCUT2D eigenvalue weighted by molar-refractivity contribution is 7.99. The molecule has 0 aliphatic heterocycles. The van der Waals surface area contributed by atoms with Crippen molar-refractivity contribution >= 4 is 17.7 Å². The number of hydrogen-bond acceptors (Lipinski definition) is 4. The number of rotatable bonds is 4. The van der Waals surface area contributed by atoms with Gasteiger partial charge in [0.2, 0.25) is 0 Å². The molecular formula is C15H20N2O2S. The Bertz CT molecular complexity index is 523. The van der Waals surface area contributed by atoms with E-state index >= 15 is 0 Å². The van der Waals surface area contributed by atoms with Crippen LogP contribution in [-0.2, 0) is 0 Å². The summed E-state index contributed by atoms with van der Waals surface area (Å²) in [5.41, 5.74) is 0.928. The first kappa shape index (κ1) is 13.9. The van der Waals surface area contributed by atoms with Crippen molar-refractivity contribution in [2.24, 2.45) is 0 Å². The predicted molar refractivity (Wildman–Crippen MR) is 78.4 cm³/mol. The minimum absolute atomic E-state index is 0.310. The summed E-state index contributed by atoms with van der Waals surface area (Å²) >= 11 is 1.66. The number of thioether (sulfide) groups is 1. The molecule has 1 N–H and O–H groups in total. The third-order valence-corrected chi connectivity index (χ3v) is 5.38. The molecule has 3 rings (SSSR count). The highest BCUT2D eigenvalue weighted by atomic mass is 32.2. The number of hydrogen-bond donors (Lipinski definition) is 1. The smallest absolute Gasteiger partial charge is 0.340 e. The van der Waals surface area contributed by atoms with Crippen LogP contribution in [0.3, 0.4) is 0 Å². The van der Waals surface area contributed by atoms with E-state index in [1.165, 1.54) is 32.1 Å². The fraction of sp³-hybridized carbons (Fsp3) is 0.667. The number of nitrogens with zero attached hydrogens (tertiary/aromatic N) is 2. The molecule has 1 heterocycles. The fourth-order valence-corrected chi connectivity index (χ4v) is 4.15. The van der Waals surface area contributed by atoms with Crippen LogP contribution in [0, 0.1) is 6.92 Å². The first-order valence-electron chi connectivity index (χ1n) is 7.43. The van der Waals surface area contributed by atoms with Crippen molar-refractivity contribution < 1.29 is 9.90 Å². The molecule has 2 saturated carbocycles. The number of aryl methyl sites for hydroxylation is 1. The predicted octanol–water partition coefficient (Wildman–Crippen LogP) is 3.79. The topological polar surface area (TPSA) is 63.1 Å². The Hall–Kier alpha value is -1.10. The van der Waals surface area contributed by atoms with E-state index in [0.29, 0.717) is 27.5 Å². The van der Waals surface area contributed by atoms with Gasteiger partial charge in [0.05, 0.1) is 5.69 Å². The molecule has 0 spiro atoms. The fourth-order valence-electron chi connectivity index (χ4n) is 2.76. The summed E-state index contributed by atoms with van der Waals surface area (Å²) in [5.74, 6) is 0.413. The molecule has 0 saturated heterocycles. The molecule has 2 fully saturated rings. The van der Waals surface area contributed by atoms with Crippen LogP contribution in [0.4, 0.5) is 0 Å². The Kier molecular flexibility index (Phi) is 3.96. The zero-order valence-corrected chi connectivity index (χ0v) is 12.6. The molecule has 2 aliphatic carbocycles. The van der Waals surface area contributed by atoms with E-state index < -0.39 is 5.97 Å². The molecule has 20 heavy (non-hydrogen) atoms. The van der Waals surface area contributed by atoms with Crippen molar-refractivity contribution in [1.82, 2.24) is 9.97 Å². The van der Waals surface area contributed by atoms with Gasteiger partial charge < -0.3 is 5.11 Å². The lowest BCUT2D eigenvalue weighted by molar-refractivity contribution is 0.0690. The quantitative estimate of drug-likeness (QED) is 0.855. The van der Waals surface area contributed by atoms with Crippen molar-refractivity contribution in [3.05, 3.63) is 17.1 Å². The standard InChI is InChI=1S/C15H20N2O2S/c1-9-12(15(18)19)14(17-13(16-9)10-7-8-10)20-11-5-3-2-4-6-11/h10-11H,2-8H2,1H3,(H,18,19). The second-order valence-electron chi connectivity index (χ2n) is 5.80. The van der Waals surface area contributed by atoms with Crippen LogP contribution in [0.1, 0.15) is 72.7 Å². The van der Waals surface area contributed by atoms with Crippen molar-refractivity contribution in [3.8, 4) is 0 Å². The Morgan fingerprint density at radius 1 is 1.15 bits per heavy atom. The third-order valence-electron chi connectivity index (χ3n) is 4.06. The molecule has 0 bridgehead atoms. The lowest BCUT2D eigenvalue weighted by atomic mass is 10.0. The molecule has 0 radical (unpaired) electrons.